The van der Waals surface area contributed by atoms with Gasteiger partial charge in [0.2, 0.25) is 5.95 Å². The standard InChI is InChI=1S/C13H13FN4/c1-7-2-5-9(14)6-10(7)12-16-11(8-3-4-8)17-13(15)18-12/h2,5-6,8H,3-4H2,1H3,(H2,15,16,17,18). The van der Waals surface area contributed by atoms with Crippen LogP contribution in [0.15, 0.2) is 18.2 Å². The maximum Gasteiger partial charge on any atom is 0.223 e. The summed E-state index contributed by atoms with van der Waals surface area (Å²) in [5.41, 5.74) is 7.29. The van der Waals surface area contributed by atoms with Gasteiger partial charge in [0.25, 0.3) is 0 Å². The summed E-state index contributed by atoms with van der Waals surface area (Å²) in [4.78, 5) is 12.6. The Bertz CT molecular complexity index is 608. The number of aryl methyl sites for hydroxylation is 1. The van der Waals surface area contributed by atoms with Crippen molar-refractivity contribution in [2.24, 2.45) is 0 Å². The Labute approximate surface area is 104 Å². The highest BCUT2D eigenvalue weighted by Crippen LogP contribution is 2.38. The van der Waals surface area contributed by atoms with E-state index in [1.807, 2.05) is 6.92 Å². The van der Waals surface area contributed by atoms with Crippen LogP contribution < -0.4 is 5.73 Å². The highest BCUT2D eigenvalue weighted by Gasteiger charge is 2.27. The van der Waals surface area contributed by atoms with Gasteiger partial charge in [-0.3, -0.25) is 0 Å². The quantitative estimate of drug-likeness (QED) is 0.881. The molecular formula is C13H13FN4. The third kappa shape index (κ3) is 2.03. The normalized spacial score (nSPS) is 14.8. The molecule has 2 N–H and O–H groups in total. The van der Waals surface area contributed by atoms with E-state index < -0.39 is 0 Å². The van der Waals surface area contributed by atoms with Gasteiger partial charge in [-0.15, -0.1) is 0 Å². The second kappa shape index (κ2) is 4.01. The Kier molecular flexibility index (Phi) is 2.47. The average Bonchev–Trinajstić information content (AvgIpc) is 3.15. The highest BCUT2D eigenvalue weighted by molar-refractivity contribution is 5.60. The molecule has 92 valence electrons. The van der Waals surface area contributed by atoms with Crippen molar-refractivity contribution in [2.45, 2.75) is 25.7 Å². The van der Waals surface area contributed by atoms with Crippen LogP contribution in [0.5, 0.6) is 0 Å². The lowest BCUT2D eigenvalue weighted by molar-refractivity contribution is 0.627. The summed E-state index contributed by atoms with van der Waals surface area (Å²) in [6, 6.07) is 4.56. The molecule has 0 unspecified atom stereocenters. The van der Waals surface area contributed by atoms with E-state index in [9.17, 15) is 4.39 Å². The topological polar surface area (TPSA) is 64.7 Å². The summed E-state index contributed by atoms with van der Waals surface area (Å²) in [6.07, 6.45) is 2.18. The Hall–Kier alpha value is -2.04. The molecule has 1 saturated carbocycles. The number of benzene rings is 1. The van der Waals surface area contributed by atoms with Crippen LogP contribution >= 0.6 is 0 Å². The predicted octanol–water partition coefficient (Wildman–Crippen LogP) is 2.45. The predicted molar refractivity (Wildman–Crippen MR) is 66.3 cm³/mol. The van der Waals surface area contributed by atoms with E-state index in [4.69, 9.17) is 5.73 Å². The van der Waals surface area contributed by atoms with E-state index in [0.29, 0.717) is 17.3 Å². The van der Waals surface area contributed by atoms with Gasteiger partial charge in [0.15, 0.2) is 5.82 Å². The van der Waals surface area contributed by atoms with Crippen LogP contribution in [0.3, 0.4) is 0 Å². The molecule has 18 heavy (non-hydrogen) atoms. The molecular weight excluding hydrogens is 231 g/mol. The monoisotopic (exact) mass is 244 g/mol. The lowest BCUT2D eigenvalue weighted by Crippen LogP contribution is -2.04. The molecule has 1 aliphatic carbocycles. The molecule has 2 aromatic rings. The second-order valence-electron chi connectivity index (χ2n) is 4.61. The highest BCUT2D eigenvalue weighted by atomic mass is 19.1. The van der Waals surface area contributed by atoms with Gasteiger partial charge in [-0.25, -0.2) is 9.37 Å². The summed E-state index contributed by atoms with van der Waals surface area (Å²) in [5.74, 6) is 1.47. The molecule has 0 saturated heterocycles. The Morgan fingerprint density at radius 1 is 1.22 bits per heavy atom. The van der Waals surface area contributed by atoms with Gasteiger partial charge in [0.1, 0.15) is 11.6 Å². The first-order valence-corrected chi connectivity index (χ1v) is 5.91. The van der Waals surface area contributed by atoms with Crippen molar-refractivity contribution in [3.8, 4) is 11.4 Å². The van der Waals surface area contributed by atoms with Crippen molar-refractivity contribution in [3.05, 3.63) is 35.4 Å². The number of aromatic nitrogens is 3. The number of nitrogens with two attached hydrogens (primary N) is 1. The van der Waals surface area contributed by atoms with Crippen molar-refractivity contribution in [1.82, 2.24) is 15.0 Å². The zero-order valence-electron chi connectivity index (χ0n) is 10.0. The first kappa shape index (κ1) is 11.1. The first-order chi connectivity index (χ1) is 8.63. The van der Waals surface area contributed by atoms with Crippen LogP contribution in [0.4, 0.5) is 10.3 Å². The van der Waals surface area contributed by atoms with Crippen molar-refractivity contribution < 1.29 is 4.39 Å². The molecule has 1 aromatic heterocycles. The summed E-state index contributed by atoms with van der Waals surface area (Å²) in [7, 11) is 0. The fraction of sp³-hybridized carbons (Fsp3) is 0.308. The number of nitrogens with zero attached hydrogens (tertiary/aromatic N) is 3. The zero-order chi connectivity index (χ0) is 12.7. The van der Waals surface area contributed by atoms with Crippen LogP contribution in [0, 0.1) is 12.7 Å². The maximum absolute atomic E-state index is 13.3. The largest absolute Gasteiger partial charge is 0.368 e. The van der Waals surface area contributed by atoms with E-state index >= 15 is 0 Å². The van der Waals surface area contributed by atoms with Gasteiger partial charge in [-0.05, 0) is 37.5 Å². The number of hydrogen-bond donors (Lipinski definition) is 1. The molecule has 1 fully saturated rings. The molecule has 0 atom stereocenters. The Morgan fingerprint density at radius 2 is 2.00 bits per heavy atom. The average molecular weight is 244 g/mol. The van der Waals surface area contributed by atoms with Crippen molar-refractivity contribution >= 4 is 5.95 Å². The number of hydrogen-bond acceptors (Lipinski definition) is 4. The van der Waals surface area contributed by atoms with E-state index in [1.165, 1.54) is 12.1 Å². The molecule has 1 heterocycles. The van der Waals surface area contributed by atoms with E-state index in [2.05, 4.69) is 15.0 Å². The van der Waals surface area contributed by atoms with Crippen LogP contribution in [0.2, 0.25) is 0 Å². The summed E-state index contributed by atoms with van der Waals surface area (Å²) < 4.78 is 13.3. The lowest BCUT2D eigenvalue weighted by Gasteiger charge is -2.07. The van der Waals surface area contributed by atoms with Crippen molar-refractivity contribution in [2.75, 3.05) is 5.73 Å². The molecule has 0 radical (unpaired) electrons. The molecule has 4 nitrogen and oxygen atoms in total. The third-order valence-electron chi connectivity index (χ3n) is 3.05. The maximum atomic E-state index is 13.3. The fourth-order valence-corrected chi connectivity index (χ4v) is 1.89. The Balaban J connectivity index is 2.12. The minimum atomic E-state index is -0.303. The van der Waals surface area contributed by atoms with Crippen LogP contribution in [0.1, 0.15) is 30.1 Å². The molecule has 0 bridgehead atoms. The minimum Gasteiger partial charge on any atom is -0.368 e. The van der Waals surface area contributed by atoms with Crippen molar-refractivity contribution in [3.63, 3.8) is 0 Å². The zero-order valence-corrected chi connectivity index (χ0v) is 10.0. The number of rotatable bonds is 2. The molecule has 0 amide bonds. The third-order valence-corrected chi connectivity index (χ3v) is 3.05. The van der Waals surface area contributed by atoms with Gasteiger partial charge >= 0.3 is 0 Å². The van der Waals surface area contributed by atoms with Crippen LogP contribution in [-0.2, 0) is 0 Å². The molecule has 1 aliphatic rings. The molecule has 0 aliphatic heterocycles. The SMILES string of the molecule is Cc1ccc(F)cc1-c1nc(N)nc(C2CC2)n1. The van der Waals surface area contributed by atoms with Gasteiger partial charge in [0, 0.05) is 11.5 Å². The summed E-state index contributed by atoms with van der Waals surface area (Å²) in [6.45, 7) is 1.89. The minimum absolute atomic E-state index is 0.200. The van der Waals surface area contributed by atoms with Crippen LogP contribution in [-0.4, -0.2) is 15.0 Å². The van der Waals surface area contributed by atoms with Crippen LogP contribution in [0.25, 0.3) is 11.4 Å². The number of nitrogen functional groups attached to an aromatic ring is 1. The van der Waals surface area contributed by atoms with Crippen molar-refractivity contribution in [1.29, 1.82) is 0 Å². The number of anilines is 1. The van der Waals surface area contributed by atoms with Gasteiger partial charge in [0.05, 0.1) is 0 Å². The van der Waals surface area contributed by atoms with Gasteiger partial charge in [-0.2, -0.15) is 9.97 Å². The molecule has 0 spiro atoms. The smallest absolute Gasteiger partial charge is 0.223 e. The fourth-order valence-electron chi connectivity index (χ4n) is 1.89. The van der Waals surface area contributed by atoms with E-state index in [1.54, 1.807) is 6.07 Å². The van der Waals surface area contributed by atoms with E-state index in [0.717, 1.165) is 24.2 Å². The van der Waals surface area contributed by atoms with E-state index in [-0.39, 0.29) is 11.8 Å². The Morgan fingerprint density at radius 3 is 2.72 bits per heavy atom. The number of halogens is 1. The second-order valence-corrected chi connectivity index (χ2v) is 4.61. The van der Waals surface area contributed by atoms with Gasteiger partial charge < -0.3 is 5.73 Å². The lowest BCUT2D eigenvalue weighted by atomic mass is 10.1. The molecule has 5 heteroatoms. The summed E-state index contributed by atoms with van der Waals surface area (Å²) in [5, 5.41) is 0. The molecule has 1 aromatic carbocycles. The van der Waals surface area contributed by atoms with Gasteiger partial charge in [-0.1, -0.05) is 6.07 Å². The summed E-state index contributed by atoms with van der Waals surface area (Å²) >= 11 is 0. The molecule has 3 rings (SSSR count). The first-order valence-electron chi connectivity index (χ1n) is 5.91.